The van der Waals surface area contributed by atoms with Crippen LogP contribution in [0.3, 0.4) is 0 Å². The minimum atomic E-state index is -0.207. The lowest BCUT2D eigenvalue weighted by atomic mass is 10.2. The summed E-state index contributed by atoms with van der Waals surface area (Å²) in [6.45, 7) is 3.61. The minimum absolute atomic E-state index is 0.0664. The summed E-state index contributed by atoms with van der Waals surface area (Å²) in [4.78, 5) is 30.2. The van der Waals surface area contributed by atoms with E-state index < -0.39 is 0 Å². The Hall–Kier alpha value is -2.61. The van der Waals surface area contributed by atoms with E-state index in [4.69, 9.17) is 9.15 Å². The van der Waals surface area contributed by atoms with Crippen LogP contribution in [0.15, 0.2) is 33.9 Å². The zero-order chi connectivity index (χ0) is 17.1. The van der Waals surface area contributed by atoms with Crippen LogP contribution >= 0.6 is 0 Å². The van der Waals surface area contributed by atoms with Gasteiger partial charge in [0.2, 0.25) is 0 Å². The summed E-state index contributed by atoms with van der Waals surface area (Å²) in [6, 6.07) is 1.68. The van der Waals surface area contributed by atoms with Crippen LogP contribution in [0.1, 0.15) is 16.1 Å². The van der Waals surface area contributed by atoms with Gasteiger partial charge in [0, 0.05) is 39.1 Å². The smallest absolute Gasteiger partial charge is 0.293 e. The maximum absolute atomic E-state index is 12.5. The van der Waals surface area contributed by atoms with E-state index in [1.165, 1.54) is 10.8 Å². The molecule has 1 saturated heterocycles. The van der Waals surface area contributed by atoms with Gasteiger partial charge in [0.05, 0.1) is 24.5 Å². The fourth-order valence-electron chi connectivity index (χ4n) is 2.63. The Kier molecular flexibility index (Phi) is 4.66. The predicted octanol–water partition coefficient (Wildman–Crippen LogP) is 0.635. The summed E-state index contributed by atoms with van der Waals surface area (Å²) >= 11 is 0. The van der Waals surface area contributed by atoms with Crippen LogP contribution in [0, 0.1) is 6.92 Å². The van der Waals surface area contributed by atoms with E-state index in [2.05, 4.69) is 10.3 Å². The number of nitrogens with zero attached hydrogens (tertiary/aromatic N) is 3. The lowest BCUT2D eigenvalue weighted by Gasteiger charge is -2.33. The normalized spacial score (nSPS) is 17.8. The zero-order valence-corrected chi connectivity index (χ0v) is 13.7. The molecule has 3 heterocycles. The highest BCUT2D eigenvalue weighted by molar-refractivity contribution is 5.95. The molecule has 1 aliphatic heterocycles. The quantitative estimate of drug-likeness (QED) is 0.883. The van der Waals surface area contributed by atoms with E-state index in [1.54, 1.807) is 37.3 Å². The van der Waals surface area contributed by atoms with Crippen LogP contribution in [-0.2, 0) is 11.8 Å². The number of amides is 1. The van der Waals surface area contributed by atoms with Crippen molar-refractivity contribution in [2.75, 3.05) is 31.6 Å². The molecule has 1 N–H and O–H groups in total. The van der Waals surface area contributed by atoms with Crippen LogP contribution in [0.5, 0.6) is 0 Å². The number of rotatable bonds is 4. The first-order valence-corrected chi connectivity index (χ1v) is 7.76. The molecule has 1 atom stereocenters. The van der Waals surface area contributed by atoms with Crippen LogP contribution in [0.25, 0.3) is 0 Å². The highest BCUT2D eigenvalue weighted by Crippen LogP contribution is 2.15. The number of hydrogen-bond donors (Lipinski definition) is 1. The minimum Gasteiger partial charge on any atom is -0.469 e. The average Bonchev–Trinajstić information content (AvgIpc) is 3.02. The van der Waals surface area contributed by atoms with Gasteiger partial charge in [-0.25, -0.2) is 4.98 Å². The summed E-state index contributed by atoms with van der Waals surface area (Å²) in [5.41, 5.74) is 0.373. The predicted molar refractivity (Wildman–Crippen MR) is 87.1 cm³/mol. The molecular weight excluding hydrogens is 312 g/mol. The van der Waals surface area contributed by atoms with Gasteiger partial charge >= 0.3 is 0 Å². The maximum atomic E-state index is 12.5. The molecule has 24 heavy (non-hydrogen) atoms. The molecular formula is C16H20N4O4. The second-order valence-corrected chi connectivity index (χ2v) is 5.71. The highest BCUT2D eigenvalue weighted by atomic mass is 16.5. The van der Waals surface area contributed by atoms with Crippen molar-refractivity contribution in [3.8, 4) is 0 Å². The van der Waals surface area contributed by atoms with E-state index in [0.717, 1.165) is 0 Å². The number of morpholine rings is 1. The number of nitrogens with one attached hydrogen (secondary N) is 1. The number of furan rings is 1. The van der Waals surface area contributed by atoms with Gasteiger partial charge in [-0.2, -0.15) is 0 Å². The molecule has 0 bridgehead atoms. The number of carbonyl (C=O) groups is 1. The molecule has 0 unspecified atom stereocenters. The third-order valence-electron chi connectivity index (χ3n) is 4.03. The Labute approximate surface area is 139 Å². The number of anilines is 1. The first-order chi connectivity index (χ1) is 11.6. The molecule has 2 aromatic heterocycles. The van der Waals surface area contributed by atoms with Gasteiger partial charge in [0.15, 0.2) is 5.82 Å². The Balaban J connectivity index is 1.62. The first kappa shape index (κ1) is 16.3. The number of aryl methyl sites for hydroxylation is 2. The Morgan fingerprint density at radius 2 is 2.33 bits per heavy atom. The third-order valence-corrected chi connectivity index (χ3v) is 4.03. The van der Waals surface area contributed by atoms with Crippen molar-refractivity contribution < 1.29 is 13.9 Å². The molecule has 8 nitrogen and oxygen atoms in total. The van der Waals surface area contributed by atoms with E-state index in [0.29, 0.717) is 37.6 Å². The largest absolute Gasteiger partial charge is 0.469 e. The van der Waals surface area contributed by atoms with Gasteiger partial charge < -0.3 is 23.9 Å². The van der Waals surface area contributed by atoms with Gasteiger partial charge in [0.25, 0.3) is 11.5 Å². The Bertz CT molecular complexity index is 782. The molecule has 0 radical (unpaired) electrons. The summed E-state index contributed by atoms with van der Waals surface area (Å²) in [7, 11) is 1.67. The number of aromatic nitrogens is 2. The molecule has 8 heteroatoms. The first-order valence-electron chi connectivity index (χ1n) is 7.76. The molecule has 3 rings (SSSR count). The fraction of sp³-hybridized carbons (Fsp3) is 0.438. The van der Waals surface area contributed by atoms with E-state index in [-0.39, 0.29) is 23.4 Å². The number of carbonyl (C=O) groups excluding carboxylic acids is 1. The van der Waals surface area contributed by atoms with Crippen LogP contribution in [0.2, 0.25) is 0 Å². The van der Waals surface area contributed by atoms with E-state index >= 15 is 0 Å². The highest BCUT2D eigenvalue weighted by Gasteiger charge is 2.26. The van der Waals surface area contributed by atoms with Crippen molar-refractivity contribution in [2.24, 2.45) is 7.05 Å². The van der Waals surface area contributed by atoms with E-state index in [1.807, 2.05) is 0 Å². The molecule has 0 saturated carbocycles. The summed E-state index contributed by atoms with van der Waals surface area (Å²) in [5.74, 6) is 0.819. The molecule has 1 aliphatic rings. The summed E-state index contributed by atoms with van der Waals surface area (Å²) in [6.07, 6.45) is 4.46. The monoisotopic (exact) mass is 332 g/mol. The van der Waals surface area contributed by atoms with Crippen molar-refractivity contribution in [1.29, 1.82) is 0 Å². The topological polar surface area (TPSA) is 89.6 Å². The Morgan fingerprint density at radius 1 is 1.50 bits per heavy atom. The van der Waals surface area contributed by atoms with Crippen LogP contribution in [-0.4, -0.2) is 52.7 Å². The molecule has 128 valence electrons. The average molecular weight is 332 g/mol. The van der Waals surface area contributed by atoms with Crippen molar-refractivity contribution in [3.63, 3.8) is 0 Å². The van der Waals surface area contributed by atoms with Crippen molar-refractivity contribution in [3.05, 3.63) is 46.4 Å². The van der Waals surface area contributed by atoms with Gasteiger partial charge in [-0.15, -0.1) is 0 Å². The molecule has 2 aromatic rings. The third kappa shape index (κ3) is 3.33. The number of hydrogen-bond acceptors (Lipinski definition) is 6. The standard InChI is InChI=1S/C16H20N4O4/c1-11-13(3-7-23-11)15(21)20-6-8-24-12(10-20)9-18-14-16(22)19(2)5-4-17-14/h3-5,7,12H,6,8-10H2,1-2H3,(H,17,18)/t12-/m0/s1. The molecule has 0 spiro atoms. The van der Waals surface area contributed by atoms with E-state index in [9.17, 15) is 9.59 Å². The second-order valence-electron chi connectivity index (χ2n) is 5.71. The van der Waals surface area contributed by atoms with Gasteiger partial charge in [-0.05, 0) is 13.0 Å². The zero-order valence-electron chi connectivity index (χ0n) is 13.7. The van der Waals surface area contributed by atoms with Gasteiger partial charge in [0.1, 0.15) is 5.76 Å². The van der Waals surface area contributed by atoms with Crippen LogP contribution < -0.4 is 10.9 Å². The number of ether oxygens (including phenoxy) is 1. The molecule has 1 amide bonds. The summed E-state index contributed by atoms with van der Waals surface area (Å²) < 4.78 is 12.3. The lowest BCUT2D eigenvalue weighted by molar-refractivity contribution is -0.0150. The molecule has 0 aliphatic carbocycles. The summed E-state index contributed by atoms with van der Waals surface area (Å²) in [5, 5.41) is 3.00. The molecule has 0 aromatic carbocycles. The maximum Gasteiger partial charge on any atom is 0.293 e. The van der Waals surface area contributed by atoms with Gasteiger partial charge in [-0.3, -0.25) is 9.59 Å². The molecule has 1 fully saturated rings. The SMILES string of the molecule is Cc1occc1C(=O)N1CCO[C@@H](CNc2nccn(C)c2=O)C1. The lowest BCUT2D eigenvalue weighted by Crippen LogP contribution is -2.48. The van der Waals surface area contributed by atoms with Crippen molar-refractivity contribution in [2.45, 2.75) is 13.0 Å². The van der Waals surface area contributed by atoms with Crippen molar-refractivity contribution in [1.82, 2.24) is 14.5 Å². The van der Waals surface area contributed by atoms with Crippen molar-refractivity contribution >= 4 is 11.7 Å². The second kappa shape index (κ2) is 6.88. The van der Waals surface area contributed by atoms with Gasteiger partial charge in [-0.1, -0.05) is 0 Å². The van der Waals surface area contributed by atoms with Crippen LogP contribution in [0.4, 0.5) is 5.82 Å². The fourth-order valence-corrected chi connectivity index (χ4v) is 2.63. The Morgan fingerprint density at radius 3 is 3.08 bits per heavy atom.